The summed E-state index contributed by atoms with van der Waals surface area (Å²) in [5.41, 5.74) is 2.21. The van der Waals surface area contributed by atoms with Crippen LogP contribution in [0.3, 0.4) is 0 Å². The van der Waals surface area contributed by atoms with E-state index in [2.05, 4.69) is 10.6 Å². The van der Waals surface area contributed by atoms with Gasteiger partial charge < -0.3 is 58.0 Å². The van der Waals surface area contributed by atoms with E-state index in [0.29, 0.717) is 140 Å². The van der Waals surface area contributed by atoms with Crippen LogP contribution in [0.15, 0.2) is 60.7 Å². The van der Waals surface area contributed by atoms with Gasteiger partial charge in [-0.25, -0.2) is 0 Å². The Balaban J connectivity index is 1.35. The molecule has 2 aliphatic heterocycles. The van der Waals surface area contributed by atoms with Crippen LogP contribution >= 0.6 is 0 Å². The number of amides is 2. The molecule has 0 saturated heterocycles. The molecule has 0 aliphatic carbocycles. The molecule has 14 heteroatoms. The Labute approximate surface area is 303 Å². The smallest absolute Gasteiger partial charge is 0.251 e. The molecule has 2 heterocycles. The molecule has 5 rings (SSSR count). The van der Waals surface area contributed by atoms with Crippen molar-refractivity contribution in [2.45, 2.75) is 13.1 Å². The van der Waals surface area contributed by atoms with Crippen molar-refractivity contribution in [3.8, 4) is 23.0 Å². The van der Waals surface area contributed by atoms with E-state index in [1.54, 1.807) is 36.4 Å². The maximum atomic E-state index is 13.2. The summed E-state index contributed by atoms with van der Waals surface area (Å²) >= 11 is 0. The van der Waals surface area contributed by atoms with Crippen LogP contribution in [0.4, 0.5) is 0 Å². The van der Waals surface area contributed by atoms with Crippen LogP contribution in [0.25, 0.3) is 0 Å². The average Bonchev–Trinajstić information content (AvgIpc) is 3.16. The molecule has 0 aromatic heterocycles. The highest BCUT2D eigenvalue weighted by molar-refractivity contribution is 5.99. The molecule has 8 bridgehead atoms. The predicted octanol–water partition coefficient (Wildman–Crippen LogP) is 3.19. The van der Waals surface area contributed by atoms with Gasteiger partial charge in [0.2, 0.25) is 0 Å². The first-order chi connectivity index (χ1) is 25.6. The summed E-state index contributed by atoms with van der Waals surface area (Å²) in [5, 5.41) is 5.87. The van der Waals surface area contributed by atoms with E-state index in [1.807, 2.05) is 24.3 Å². The fourth-order valence-electron chi connectivity index (χ4n) is 5.13. The zero-order valence-electron chi connectivity index (χ0n) is 29.4. The molecule has 0 atom stereocenters. The summed E-state index contributed by atoms with van der Waals surface area (Å²) in [6.07, 6.45) is 0. The Morgan fingerprint density at radius 1 is 0.365 bits per heavy atom. The lowest BCUT2D eigenvalue weighted by Crippen LogP contribution is -2.25. The molecule has 2 aliphatic rings. The van der Waals surface area contributed by atoms with Crippen LogP contribution in [0, 0.1) is 0 Å². The predicted molar refractivity (Wildman–Crippen MR) is 189 cm³/mol. The molecule has 0 radical (unpaired) electrons. The summed E-state index contributed by atoms with van der Waals surface area (Å²) in [4.78, 5) is 26.5. The quantitative estimate of drug-likeness (QED) is 0.351. The van der Waals surface area contributed by atoms with Gasteiger partial charge in [-0.3, -0.25) is 9.59 Å². The lowest BCUT2D eigenvalue weighted by Gasteiger charge is -2.15. The van der Waals surface area contributed by atoms with E-state index < -0.39 is 0 Å². The van der Waals surface area contributed by atoms with Crippen LogP contribution in [0.2, 0.25) is 0 Å². The van der Waals surface area contributed by atoms with E-state index in [0.717, 1.165) is 11.1 Å². The summed E-state index contributed by atoms with van der Waals surface area (Å²) in [7, 11) is 0. The van der Waals surface area contributed by atoms with Crippen LogP contribution < -0.4 is 29.6 Å². The van der Waals surface area contributed by atoms with Crippen molar-refractivity contribution < 1.29 is 57.0 Å². The van der Waals surface area contributed by atoms with E-state index in [9.17, 15) is 9.59 Å². The zero-order valence-corrected chi connectivity index (χ0v) is 29.4. The highest BCUT2D eigenvalue weighted by Crippen LogP contribution is 2.25. The molecular formula is C38H48N2O12. The van der Waals surface area contributed by atoms with Gasteiger partial charge in [0.1, 0.15) is 49.4 Å². The first-order valence-corrected chi connectivity index (χ1v) is 17.5. The molecular weight excluding hydrogens is 676 g/mol. The second-order valence-electron chi connectivity index (χ2n) is 11.6. The number of carbonyl (C=O) groups excluding carboxylic acids is 2. The number of carbonyl (C=O) groups is 2. The van der Waals surface area contributed by atoms with Gasteiger partial charge >= 0.3 is 0 Å². The van der Waals surface area contributed by atoms with Crippen molar-refractivity contribution in [2.24, 2.45) is 0 Å². The zero-order chi connectivity index (χ0) is 36.1. The van der Waals surface area contributed by atoms with Gasteiger partial charge in [0.25, 0.3) is 11.8 Å². The number of rotatable bonds is 0. The van der Waals surface area contributed by atoms with Crippen molar-refractivity contribution in [2.75, 3.05) is 106 Å². The first kappa shape index (κ1) is 38.8. The molecule has 0 unspecified atom stereocenters. The maximum Gasteiger partial charge on any atom is 0.251 e. The minimum Gasteiger partial charge on any atom is -0.491 e. The summed E-state index contributed by atoms with van der Waals surface area (Å²) in [5.74, 6) is 1.58. The average molecular weight is 725 g/mol. The van der Waals surface area contributed by atoms with Gasteiger partial charge in [-0.2, -0.15) is 0 Å². The van der Waals surface area contributed by atoms with E-state index in [-0.39, 0.29) is 24.9 Å². The maximum absolute atomic E-state index is 13.2. The molecule has 0 fully saturated rings. The summed E-state index contributed by atoms with van der Waals surface area (Å²) < 4.78 is 57.7. The number of benzene rings is 3. The van der Waals surface area contributed by atoms with Gasteiger partial charge in [0, 0.05) is 36.3 Å². The standard InChI is InChI=1S/C38H48N2O12/c41-37-31-2-1-3-32(24-31)38(42)40-28-30-22-35-26-36(23-30)52-19-15-48-11-7-44-5-9-46-13-17-50-34-21-29(27-39-37)20-33(25-34)49-16-12-45-8-4-43-6-10-47-14-18-51-35/h1-3,20-26H,4-19,27-28H2,(H,39,41)(H,40,42). The molecule has 52 heavy (non-hydrogen) atoms. The van der Waals surface area contributed by atoms with Gasteiger partial charge in [-0.15, -0.1) is 0 Å². The highest BCUT2D eigenvalue weighted by atomic mass is 16.6. The van der Waals surface area contributed by atoms with Gasteiger partial charge in [-0.05, 0) is 53.6 Å². The van der Waals surface area contributed by atoms with Crippen molar-refractivity contribution in [3.63, 3.8) is 0 Å². The normalized spacial score (nSPS) is 18.7. The van der Waals surface area contributed by atoms with Crippen LogP contribution in [0.5, 0.6) is 23.0 Å². The molecule has 3 aromatic carbocycles. The Hall–Kier alpha value is -4.44. The van der Waals surface area contributed by atoms with Crippen LogP contribution in [-0.4, -0.2) is 118 Å². The molecule has 14 nitrogen and oxygen atoms in total. The minimum absolute atomic E-state index is 0.195. The molecule has 3 aromatic rings. The number of ether oxygens (including phenoxy) is 10. The van der Waals surface area contributed by atoms with Crippen LogP contribution in [-0.2, 0) is 41.5 Å². The summed E-state index contributed by atoms with van der Waals surface area (Å²) in [6.45, 7) is 6.33. The van der Waals surface area contributed by atoms with E-state index in [4.69, 9.17) is 47.4 Å². The number of nitrogens with one attached hydrogen (secondary N) is 2. The second kappa shape index (κ2) is 22.5. The number of hydrogen-bond acceptors (Lipinski definition) is 12. The molecule has 0 spiro atoms. The fraction of sp³-hybridized carbons (Fsp3) is 0.474. The fourth-order valence-corrected chi connectivity index (χ4v) is 5.13. The Morgan fingerprint density at radius 3 is 0.962 bits per heavy atom. The van der Waals surface area contributed by atoms with Crippen molar-refractivity contribution >= 4 is 11.8 Å². The third-order valence-corrected chi connectivity index (χ3v) is 7.65. The minimum atomic E-state index is -0.337. The lowest BCUT2D eigenvalue weighted by molar-refractivity contribution is 0.00433. The van der Waals surface area contributed by atoms with Crippen LogP contribution in [0.1, 0.15) is 31.8 Å². The lowest BCUT2D eigenvalue weighted by atomic mass is 10.1. The number of hydrogen-bond donors (Lipinski definition) is 2. The molecule has 2 N–H and O–H groups in total. The Bertz CT molecular complexity index is 1360. The van der Waals surface area contributed by atoms with E-state index >= 15 is 0 Å². The first-order valence-electron chi connectivity index (χ1n) is 17.5. The molecule has 2 amide bonds. The molecule has 0 saturated carbocycles. The topological polar surface area (TPSA) is 151 Å². The van der Waals surface area contributed by atoms with Crippen molar-refractivity contribution in [3.05, 3.63) is 82.9 Å². The summed E-state index contributed by atoms with van der Waals surface area (Å²) in [6, 6.07) is 17.5. The van der Waals surface area contributed by atoms with Gasteiger partial charge in [-0.1, -0.05) is 6.07 Å². The number of fused-ring (bicyclic) bond motifs is 8. The van der Waals surface area contributed by atoms with Crippen molar-refractivity contribution in [1.82, 2.24) is 10.6 Å². The Morgan fingerprint density at radius 2 is 0.654 bits per heavy atom. The van der Waals surface area contributed by atoms with E-state index in [1.165, 1.54) is 0 Å². The third kappa shape index (κ3) is 14.3. The van der Waals surface area contributed by atoms with Crippen molar-refractivity contribution in [1.29, 1.82) is 0 Å². The third-order valence-electron chi connectivity index (χ3n) is 7.65. The van der Waals surface area contributed by atoms with Gasteiger partial charge in [0.15, 0.2) is 0 Å². The Kier molecular flexibility index (Phi) is 16.8. The highest BCUT2D eigenvalue weighted by Gasteiger charge is 2.13. The van der Waals surface area contributed by atoms with Gasteiger partial charge in [0.05, 0.1) is 79.3 Å². The second-order valence-corrected chi connectivity index (χ2v) is 11.6. The largest absolute Gasteiger partial charge is 0.491 e. The molecule has 282 valence electrons. The monoisotopic (exact) mass is 724 g/mol. The SMILES string of the molecule is O=C1NCc2cc3cc(c2)OCCOCCOCCOCCOc2cc(cc(c2)OCCOCCOCCOCCO3)CNC(=O)c2cccc1c2.